The van der Waals surface area contributed by atoms with Crippen LogP contribution in [0.3, 0.4) is 0 Å². The fourth-order valence-corrected chi connectivity index (χ4v) is 4.96. The van der Waals surface area contributed by atoms with Gasteiger partial charge in [0.1, 0.15) is 18.4 Å². The molecule has 3 atom stereocenters. The van der Waals surface area contributed by atoms with Crippen LogP contribution < -0.4 is 10.9 Å². The maximum Gasteiger partial charge on any atom is 0.291 e. The highest BCUT2D eigenvalue weighted by atomic mass is 32.1. The summed E-state index contributed by atoms with van der Waals surface area (Å²) in [5, 5.41) is 7.32. The normalized spacial score (nSPS) is 23.6. The summed E-state index contributed by atoms with van der Waals surface area (Å²) in [6.07, 6.45) is 4.99. The van der Waals surface area contributed by atoms with E-state index in [2.05, 4.69) is 30.3 Å². The van der Waals surface area contributed by atoms with Gasteiger partial charge >= 0.3 is 0 Å². The van der Waals surface area contributed by atoms with Gasteiger partial charge in [0.2, 0.25) is 5.91 Å². The number of amides is 1. The van der Waals surface area contributed by atoms with Crippen LogP contribution >= 0.6 is 11.3 Å². The topological polar surface area (TPSA) is 68.4 Å². The third-order valence-corrected chi connectivity index (χ3v) is 6.74. The standard InChI is InChI=1S/C19H24N4O2S/c1-11-5-4-6-14(13(11)3)21-18(24)9-23-19(25)16-8-17-15(7-12(2)26-17)22(16)10-20-23/h7-8,10-11,13-14H,4-6,9H2,1-3H3,(H,21,24)/t11-,13+,14-/m1/s1. The summed E-state index contributed by atoms with van der Waals surface area (Å²) in [4.78, 5) is 26.4. The Balaban J connectivity index is 1.56. The molecule has 0 bridgehead atoms. The maximum absolute atomic E-state index is 12.7. The SMILES string of the molecule is Cc1cc2c(cc3c(=O)n(CC(=O)N[C@@H]4CCC[C@@H](C)[C@@H]4C)ncn32)s1. The highest BCUT2D eigenvalue weighted by Gasteiger charge is 2.28. The molecule has 3 aromatic heterocycles. The molecule has 26 heavy (non-hydrogen) atoms. The number of hydrogen-bond donors (Lipinski definition) is 1. The van der Waals surface area contributed by atoms with Crippen molar-refractivity contribution in [3.8, 4) is 0 Å². The molecule has 3 aromatic rings. The molecule has 3 heterocycles. The molecule has 0 spiro atoms. The van der Waals surface area contributed by atoms with Crippen LogP contribution in [0.2, 0.25) is 0 Å². The van der Waals surface area contributed by atoms with Crippen molar-refractivity contribution in [2.45, 2.75) is 52.6 Å². The van der Waals surface area contributed by atoms with Crippen molar-refractivity contribution in [1.82, 2.24) is 19.5 Å². The molecule has 1 saturated carbocycles. The Kier molecular flexibility index (Phi) is 4.34. The summed E-state index contributed by atoms with van der Waals surface area (Å²) in [5.74, 6) is 0.933. The van der Waals surface area contributed by atoms with E-state index in [1.807, 2.05) is 13.0 Å². The lowest BCUT2D eigenvalue weighted by Crippen LogP contribution is -2.45. The van der Waals surface area contributed by atoms with E-state index in [9.17, 15) is 9.59 Å². The van der Waals surface area contributed by atoms with Crippen molar-refractivity contribution in [3.05, 3.63) is 33.7 Å². The third-order valence-electron chi connectivity index (χ3n) is 5.76. The number of aromatic nitrogens is 3. The average molecular weight is 372 g/mol. The van der Waals surface area contributed by atoms with E-state index < -0.39 is 0 Å². The second-order valence-electron chi connectivity index (χ2n) is 7.54. The fraction of sp³-hybridized carbons (Fsp3) is 0.526. The van der Waals surface area contributed by atoms with Crippen LogP contribution in [-0.4, -0.2) is 26.1 Å². The smallest absolute Gasteiger partial charge is 0.291 e. The first-order valence-electron chi connectivity index (χ1n) is 9.20. The van der Waals surface area contributed by atoms with Crippen molar-refractivity contribution < 1.29 is 4.79 Å². The minimum absolute atomic E-state index is 0.0369. The zero-order valence-corrected chi connectivity index (χ0v) is 16.2. The van der Waals surface area contributed by atoms with E-state index in [1.165, 1.54) is 16.0 Å². The summed E-state index contributed by atoms with van der Waals surface area (Å²) in [6.45, 7) is 6.44. The molecule has 0 unspecified atom stereocenters. The second kappa shape index (κ2) is 6.54. The van der Waals surface area contributed by atoms with Crippen LogP contribution in [0.5, 0.6) is 0 Å². The van der Waals surface area contributed by atoms with Gasteiger partial charge in [-0.3, -0.25) is 14.0 Å². The van der Waals surface area contributed by atoms with Crippen molar-refractivity contribution in [1.29, 1.82) is 0 Å². The van der Waals surface area contributed by atoms with Gasteiger partial charge in [0.25, 0.3) is 5.56 Å². The summed E-state index contributed by atoms with van der Waals surface area (Å²) in [6, 6.07) is 4.12. The summed E-state index contributed by atoms with van der Waals surface area (Å²) in [7, 11) is 0. The van der Waals surface area contributed by atoms with E-state index in [0.717, 1.165) is 23.1 Å². The summed E-state index contributed by atoms with van der Waals surface area (Å²) in [5.41, 5.74) is 1.33. The number of carbonyl (C=O) groups excluding carboxylic acids is 1. The maximum atomic E-state index is 12.7. The molecule has 1 fully saturated rings. The molecule has 138 valence electrons. The van der Waals surface area contributed by atoms with Crippen LogP contribution in [0.15, 0.2) is 23.3 Å². The van der Waals surface area contributed by atoms with Crippen LogP contribution in [0.25, 0.3) is 15.7 Å². The Morgan fingerprint density at radius 2 is 2.12 bits per heavy atom. The lowest BCUT2D eigenvalue weighted by atomic mass is 9.78. The van der Waals surface area contributed by atoms with Crippen molar-refractivity contribution in [2.75, 3.05) is 0 Å². The van der Waals surface area contributed by atoms with Gasteiger partial charge in [0.15, 0.2) is 0 Å². The van der Waals surface area contributed by atoms with E-state index in [0.29, 0.717) is 17.4 Å². The van der Waals surface area contributed by atoms with E-state index >= 15 is 0 Å². The van der Waals surface area contributed by atoms with Crippen LogP contribution in [0, 0.1) is 18.8 Å². The lowest BCUT2D eigenvalue weighted by molar-refractivity contribution is -0.123. The number of fused-ring (bicyclic) bond motifs is 3. The van der Waals surface area contributed by atoms with Gasteiger partial charge in [-0.15, -0.1) is 11.3 Å². The molecule has 0 saturated heterocycles. The first kappa shape index (κ1) is 17.3. The molecule has 1 N–H and O–H groups in total. The van der Waals surface area contributed by atoms with E-state index in [1.54, 1.807) is 22.1 Å². The van der Waals surface area contributed by atoms with Gasteiger partial charge in [-0.05, 0) is 37.3 Å². The molecule has 0 aliphatic heterocycles. The van der Waals surface area contributed by atoms with Crippen molar-refractivity contribution in [3.63, 3.8) is 0 Å². The van der Waals surface area contributed by atoms with Gasteiger partial charge in [-0.2, -0.15) is 5.10 Å². The Bertz CT molecular complexity index is 1030. The van der Waals surface area contributed by atoms with Gasteiger partial charge in [0, 0.05) is 10.9 Å². The van der Waals surface area contributed by atoms with Gasteiger partial charge in [-0.25, -0.2) is 4.68 Å². The van der Waals surface area contributed by atoms with Gasteiger partial charge in [0.05, 0.1) is 10.2 Å². The van der Waals surface area contributed by atoms with Crippen molar-refractivity contribution in [2.24, 2.45) is 11.8 Å². The Morgan fingerprint density at radius 3 is 2.92 bits per heavy atom. The monoisotopic (exact) mass is 372 g/mol. The number of nitrogens with one attached hydrogen (secondary N) is 1. The first-order valence-corrected chi connectivity index (χ1v) is 10.0. The van der Waals surface area contributed by atoms with Crippen LogP contribution in [-0.2, 0) is 11.3 Å². The number of nitrogens with zero attached hydrogens (tertiary/aromatic N) is 3. The Morgan fingerprint density at radius 1 is 1.31 bits per heavy atom. The van der Waals surface area contributed by atoms with Crippen molar-refractivity contribution >= 4 is 33.0 Å². The largest absolute Gasteiger partial charge is 0.351 e. The molecule has 0 aromatic carbocycles. The van der Waals surface area contributed by atoms with E-state index in [-0.39, 0.29) is 24.1 Å². The Hall–Kier alpha value is -2.15. The molecule has 1 aliphatic carbocycles. The number of aryl methyl sites for hydroxylation is 1. The fourth-order valence-electron chi connectivity index (χ4n) is 4.01. The molecule has 1 aliphatic rings. The molecule has 7 heteroatoms. The predicted octanol–water partition coefficient (Wildman–Crippen LogP) is 2.96. The zero-order chi connectivity index (χ0) is 18.4. The van der Waals surface area contributed by atoms with Crippen LogP contribution in [0.4, 0.5) is 0 Å². The first-order chi connectivity index (χ1) is 12.4. The highest BCUT2D eigenvalue weighted by Crippen LogP contribution is 2.29. The second-order valence-corrected chi connectivity index (χ2v) is 8.83. The van der Waals surface area contributed by atoms with Crippen LogP contribution in [0.1, 0.15) is 38.0 Å². The number of carbonyl (C=O) groups is 1. The van der Waals surface area contributed by atoms with Gasteiger partial charge in [-0.1, -0.05) is 26.7 Å². The predicted molar refractivity (Wildman–Crippen MR) is 104 cm³/mol. The minimum Gasteiger partial charge on any atom is -0.351 e. The Labute approximate surface area is 155 Å². The molecule has 1 amide bonds. The quantitative estimate of drug-likeness (QED) is 0.768. The summed E-state index contributed by atoms with van der Waals surface area (Å²) < 4.78 is 4.13. The third kappa shape index (κ3) is 2.94. The zero-order valence-electron chi connectivity index (χ0n) is 15.4. The molecule has 6 nitrogen and oxygen atoms in total. The molecule has 4 rings (SSSR count). The summed E-state index contributed by atoms with van der Waals surface area (Å²) >= 11 is 1.65. The highest BCUT2D eigenvalue weighted by molar-refractivity contribution is 7.19. The number of hydrogen-bond acceptors (Lipinski definition) is 4. The number of thiophene rings is 1. The lowest BCUT2D eigenvalue weighted by Gasteiger charge is -2.34. The molecule has 0 radical (unpaired) electrons. The van der Waals surface area contributed by atoms with E-state index in [4.69, 9.17) is 0 Å². The molecular weight excluding hydrogens is 348 g/mol. The number of rotatable bonds is 3. The van der Waals surface area contributed by atoms with Gasteiger partial charge < -0.3 is 5.32 Å². The molecular formula is C19H24N4O2S. The minimum atomic E-state index is -0.228. The average Bonchev–Trinajstić information content (AvgIpc) is 3.11.